The quantitative estimate of drug-likeness (QED) is 0.906. The van der Waals surface area contributed by atoms with Gasteiger partial charge in [-0.1, -0.05) is 11.6 Å². The first-order chi connectivity index (χ1) is 10.4. The van der Waals surface area contributed by atoms with Gasteiger partial charge in [0, 0.05) is 37.2 Å². The Morgan fingerprint density at radius 2 is 1.77 bits per heavy atom. The van der Waals surface area contributed by atoms with Gasteiger partial charge < -0.3 is 15.1 Å². The molecule has 0 bridgehead atoms. The zero-order chi connectivity index (χ0) is 16.3. The number of nitrogens with zero attached hydrogens (tertiary/aromatic N) is 2. The van der Waals surface area contributed by atoms with Crippen LogP contribution in [0.15, 0.2) is 18.2 Å². The highest BCUT2D eigenvalue weighted by Gasteiger charge is 2.26. The number of hydrogen-bond donors (Lipinski definition) is 1. The number of urea groups is 1. The SMILES string of the molecule is CC(C)NC(=O)N1CCN(C(=O)c2cc(Cl)ccc2F)CC1. The molecule has 1 aliphatic rings. The summed E-state index contributed by atoms with van der Waals surface area (Å²) in [5, 5.41) is 3.13. The zero-order valence-electron chi connectivity index (χ0n) is 12.6. The van der Waals surface area contributed by atoms with Gasteiger partial charge in [0.2, 0.25) is 0 Å². The molecular formula is C15H19ClFN3O2. The van der Waals surface area contributed by atoms with E-state index in [1.54, 1.807) is 4.90 Å². The fourth-order valence-electron chi connectivity index (χ4n) is 2.28. The van der Waals surface area contributed by atoms with Crippen molar-refractivity contribution in [2.24, 2.45) is 0 Å². The van der Waals surface area contributed by atoms with E-state index in [1.807, 2.05) is 13.8 Å². The molecule has 1 aromatic carbocycles. The average molecular weight is 328 g/mol. The number of benzene rings is 1. The molecule has 1 aliphatic heterocycles. The normalized spacial score (nSPS) is 15.1. The first-order valence-corrected chi connectivity index (χ1v) is 7.56. The smallest absolute Gasteiger partial charge is 0.317 e. The highest BCUT2D eigenvalue weighted by Crippen LogP contribution is 2.17. The maximum absolute atomic E-state index is 13.7. The van der Waals surface area contributed by atoms with E-state index in [0.717, 1.165) is 0 Å². The number of amides is 3. The number of rotatable bonds is 2. The molecule has 22 heavy (non-hydrogen) atoms. The molecule has 3 amide bonds. The minimum absolute atomic E-state index is 0.0346. The van der Waals surface area contributed by atoms with Crippen LogP contribution in [0, 0.1) is 5.82 Å². The Morgan fingerprint density at radius 3 is 2.36 bits per heavy atom. The third kappa shape index (κ3) is 3.88. The maximum atomic E-state index is 13.7. The number of hydrogen-bond acceptors (Lipinski definition) is 2. The van der Waals surface area contributed by atoms with E-state index in [9.17, 15) is 14.0 Å². The molecule has 0 atom stereocenters. The molecule has 0 unspecified atom stereocenters. The third-order valence-electron chi connectivity index (χ3n) is 3.43. The van der Waals surface area contributed by atoms with Gasteiger partial charge in [-0.25, -0.2) is 9.18 Å². The molecule has 7 heteroatoms. The van der Waals surface area contributed by atoms with E-state index in [1.165, 1.54) is 23.1 Å². The summed E-state index contributed by atoms with van der Waals surface area (Å²) in [4.78, 5) is 27.4. The molecule has 1 fully saturated rings. The van der Waals surface area contributed by atoms with Gasteiger partial charge in [-0.2, -0.15) is 0 Å². The zero-order valence-corrected chi connectivity index (χ0v) is 13.4. The molecule has 1 N–H and O–H groups in total. The van der Waals surface area contributed by atoms with Gasteiger partial charge in [-0.05, 0) is 32.0 Å². The van der Waals surface area contributed by atoms with Crippen LogP contribution in [0.5, 0.6) is 0 Å². The Morgan fingerprint density at radius 1 is 1.18 bits per heavy atom. The van der Waals surface area contributed by atoms with Gasteiger partial charge in [0.15, 0.2) is 0 Å². The molecule has 5 nitrogen and oxygen atoms in total. The van der Waals surface area contributed by atoms with Crippen molar-refractivity contribution >= 4 is 23.5 Å². The van der Waals surface area contributed by atoms with E-state index in [2.05, 4.69) is 5.32 Å². The lowest BCUT2D eigenvalue weighted by atomic mass is 10.1. The van der Waals surface area contributed by atoms with Gasteiger partial charge >= 0.3 is 6.03 Å². The Bertz CT molecular complexity index is 572. The highest BCUT2D eigenvalue weighted by atomic mass is 35.5. The molecule has 120 valence electrons. The summed E-state index contributed by atoms with van der Waals surface area (Å²) in [5.74, 6) is -0.988. The average Bonchev–Trinajstić information content (AvgIpc) is 2.48. The predicted molar refractivity (Wildman–Crippen MR) is 82.6 cm³/mol. The van der Waals surface area contributed by atoms with E-state index in [0.29, 0.717) is 31.2 Å². The molecule has 2 rings (SSSR count). The van der Waals surface area contributed by atoms with Crippen molar-refractivity contribution in [2.45, 2.75) is 19.9 Å². The number of halogens is 2. The molecule has 1 saturated heterocycles. The van der Waals surface area contributed by atoms with E-state index >= 15 is 0 Å². The molecule has 0 saturated carbocycles. The second-order valence-electron chi connectivity index (χ2n) is 5.51. The summed E-state index contributed by atoms with van der Waals surface area (Å²) < 4.78 is 13.7. The lowest BCUT2D eigenvalue weighted by Crippen LogP contribution is -2.54. The Hall–Kier alpha value is -1.82. The van der Waals surface area contributed by atoms with Crippen LogP contribution in [0.3, 0.4) is 0 Å². The number of piperazine rings is 1. The van der Waals surface area contributed by atoms with Crippen molar-refractivity contribution in [3.8, 4) is 0 Å². The van der Waals surface area contributed by atoms with E-state index in [4.69, 9.17) is 11.6 Å². The second kappa shape index (κ2) is 6.96. The van der Waals surface area contributed by atoms with Crippen LogP contribution in [0.25, 0.3) is 0 Å². The van der Waals surface area contributed by atoms with Crippen molar-refractivity contribution in [3.05, 3.63) is 34.6 Å². The summed E-state index contributed by atoms with van der Waals surface area (Å²) in [6, 6.07) is 3.84. The van der Waals surface area contributed by atoms with Crippen molar-refractivity contribution < 1.29 is 14.0 Å². The van der Waals surface area contributed by atoms with Gasteiger partial charge in [-0.15, -0.1) is 0 Å². The van der Waals surface area contributed by atoms with Crippen LogP contribution in [0.1, 0.15) is 24.2 Å². The van der Waals surface area contributed by atoms with Crippen molar-refractivity contribution in [1.82, 2.24) is 15.1 Å². The van der Waals surface area contributed by atoms with Gasteiger partial charge in [0.05, 0.1) is 5.56 Å². The van der Waals surface area contributed by atoms with Crippen LogP contribution in [0.4, 0.5) is 9.18 Å². The van der Waals surface area contributed by atoms with Gasteiger partial charge in [0.25, 0.3) is 5.91 Å². The monoisotopic (exact) mass is 327 g/mol. The Kier molecular flexibility index (Phi) is 5.24. The first-order valence-electron chi connectivity index (χ1n) is 7.18. The van der Waals surface area contributed by atoms with Crippen molar-refractivity contribution in [2.75, 3.05) is 26.2 Å². The summed E-state index contributed by atoms with van der Waals surface area (Å²) in [6.07, 6.45) is 0. The lowest BCUT2D eigenvalue weighted by molar-refractivity contribution is 0.0659. The molecule has 1 heterocycles. The molecule has 0 spiro atoms. The molecule has 1 aromatic rings. The minimum Gasteiger partial charge on any atom is -0.336 e. The lowest BCUT2D eigenvalue weighted by Gasteiger charge is -2.35. The van der Waals surface area contributed by atoms with Crippen LogP contribution in [-0.2, 0) is 0 Å². The maximum Gasteiger partial charge on any atom is 0.317 e. The van der Waals surface area contributed by atoms with Crippen molar-refractivity contribution in [3.63, 3.8) is 0 Å². The summed E-state index contributed by atoms with van der Waals surface area (Å²) in [6.45, 7) is 5.37. The van der Waals surface area contributed by atoms with Crippen molar-refractivity contribution in [1.29, 1.82) is 0 Å². The summed E-state index contributed by atoms with van der Waals surface area (Å²) in [5.41, 5.74) is -0.0346. The molecule has 0 radical (unpaired) electrons. The minimum atomic E-state index is -0.589. The summed E-state index contributed by atoms with van der Waals surface area (Å²) in [7, 11) is 0. The fraction of sp³-hybridized carbons (Fsp3) is 0.467. The Balaban J connectivity index is 1.98. The standard InChI is InChI=1S/C15H19ClFN3O2/c1-10(2)18-15(22)20-7-5-19(6-8-20)14(21)12-9-11(16)3-4-13(12)17/h3-4,9-10H,5-8H2,1-2H3,(H,18,22). The number of nitrogens with one attached hydrogen (secondary N) is 1. The number of carbonyl (C=O) groups excluding carboxylic acids is 2. The highest BCUT2D eigenvalue weighted by molar-refractivity contribution is 6.31. The molecule has 0 aromatic heterocycles. The van der Waals surface area contributed by atoms with Crippen LogP contribution in [0.2, 0.25) is 5.02 Å². The Labute approximate surface area is 134 Å². The van der Waals surface area contributed by atoms with Crippen LogP contribution in [-0.4, -0.2) is 54.0 Å². The van der Waals surface area contributed by atoms with Gasteiger partial charge in [-0.3, -0.25) is 4.79 Å². The van der Waals surface area contributed by atoms with E-state index in [-0.39, 0.29) is 17.6 Å². The summed E-state index contributed by atoms with van der Waals surface area (Å²) >= 11 is 5.81. The first kappa shape index (κ1) is 16.5. The van der Waals surface area contributed by atoms with Gasteiger partial charge in [0.1, 0.15) is 5.82 Å². The fourth-order valence-corrected chi connectivity index (χ4v) is 2.45. The van der Waals surface area contributed by atoms with Crippen LogP contribution < -0.4 is 5.32 Å². The predicted octanol–water partition coefficient (Wildman–Crippen LogP) is 2.35. The second-order valence-corrected chi connectivity index (χ2v) is 5.94. The van der Waals surface area contributed by atoms with Crippen LogP contribution >= 0.6 is 11.6 Å². The topological polar surface area (TPSA) is 52.7 Å². The number of carbonyl (C=O) groups is 2. The van der Waals surface area contributed by atoms with E-state index < -0.39 is 11.7 Å². The third-order valence-corrected chi connectivity index (χ3v) is 3.66. The molecule has 0 aliphatic carbocycles. The molecular weight excluding hydrogens is 309 g/mol. The largest absolute Gasteiger partial charge is 0.336 e.